The van der Waals surface area contributed by atoms with E-state index in [2.05, 4.69) is 50.4 Å². The third kappa shape index (κ3) is 4.05. The van der Waals surface area contributed by atoms with Crippen LogP contribution >= 0.6 is 0 Å². The summed E-state index contributed by atoms with van der Waals surface area (Å²) in [5.74, 6) is 1.38. The molecule has 1 saturated carbocycles. The lowest BCUT2D eigenvalue weighted by Crippen LogP contribution is -2.30. The standard InChI is InChI=1S/C17H27NO/c1-12(2)14-5-7-15(8-6-14)17(19)11-18-16-9-4-13(3)10-16/h5-8,12-13,16-19H,4,9-11H2,1-3H3. The fourth-order valence-electron chi connectivity index (χ4n) is 2.89. The molecule has 2 rings (SSSR count). The van der Waals surface area contributed by atoms with Gasteiger partial charge in [0, 0.05) is 12.6 Å². The number of aliphatic hydroxyl groups excluding tert-OH is 1. The van der Waals surface area contributed by atoms with Crippen molar-refractivity contribution in [3.63, 3.8) is 0 Å². The molecule has 1 aromatic rings. The van der Waals surface area contributed by atoms with E-state index in [0.29, 0.717) is 18.5 Å². The normalized spacial score (nSPS) is 24.9. The van der Waals surface area contributed by atoms with E-state index in [4.69, 9.17) is 0 Å². The fraction of sp³-hybridized carbons (Fsp3) is 0.647. The molecule has 3 atom stereocenters. The molecule has 1 aliphatic rings. The molecular formula is C17H27NO. The van der Waals surface area contributed by atoms with Crippen LogP contribution in [0.4, 0.5) is 0 Å². The maximum absolute atomic E-state index is 10.2. The van der Waals surface area contributed by atoms with Crippen LogP contribution in [0.3, 0.4) is 0 Å². The Morgan fingerprint density at radius 2 is 1.79 bits per heavy atom. The number of aliphatic hydroxyl groups is 1. The Labute approximate surface area is 117 Å². The van der Waals surface area contributed by atoms with E-state index in [9.17, 15) is 5.11 Å². The molecule has 2 nitrogen and oxygen atoms in total. The van der Waals surface area contributed by atoms with Crippen LogP contribution in [0.1, 0.15) is 63.2 Å². The minimum Gasteiger partial charge on any atom is -0.387 e. The zero-order valence-corrected chi connectivity index (χ0v) is 12.4. The van der Waals surface area contributed by atoms with Gasteiger partial charge in [-0.15, -0.1) is 0 Å². The highest BCUT2D eigenvalue weighted by Gasteiger charge is 2.21. The highest BCUT2D eigenvalue weighted by molar-refractivity contribution is 5.26. The lowest BCUT2D eigenvalue weighted by Gasteiger charge is -2.17. The van der Waals surface area contributed by atoms with Crippen molar-refractivity contribution in [3.05, 3.63) is 35.4 Å². The molecule has 19 heavy (non-hydrogen) atoms. The van der Waals surface area contributed by atoms with Crippen molar-refractivity contribution >= 4 is 0 Å². The highest BCUT2D eigenvalue weighted by Crippen LogP contribution is 2.25. The van der Waals surface area contributed by atoms with Gasteiger partial charge in [0.25, 0.3) is 0 Å². The summed E-state index contributed by atoms with van der Waals surface area (Å²) in [7, 11) is 0. The molecule has 0 aliphatic heterocycles. The molecule has 0 aromatic heterocycles. The summed E-state index contributed by atoms with van der Waals surface area (Å²) in [4.78, 5) is 0. The van der Waals surface area contributed by atoms with Gasteiger partial charge >= 0.3 is 0 Å². The second-order valence-corrected chi connectivity index (χ2v) is 6.36. The van der Waals surface area contributed by atoms with Gasteiger partial charge in [-0.3, -0.25) is 0 Å². The summed E-state index contributed by atoms with van der Waals surface area (Å²) in [6.07, 6.45) is 3.42. The first-order chi connectivity index (χ1) is 9.06. The second kappa shape index (κ2) is 6.53. The van der Waals surface area contributed by atoms with Crippen LogP contribution < -0.4 is 5.32 Å². The van der Waals surface area contributed by atoms with Gasteiger partial charge in [0.1, 0.15) is 0 Å². The first-order valence-electron chi connectivity index (χ1n) is 7.57. The van der Waals surface area contributed by atoms with Gasteiger partial charge in [0.15, 0.2) is 0 Å². The number of nitrogens with one attached hydrogen (secondary N) is 1. The van der Waals surface area contributed by atoms with Crippen molar-refractivity contribution in [2.24, 2.45) is 5.92 Å². The lowest BCUT2D eigenvalue weighted by atomic mass is 10.00. The van der Waals surface area contributed by atoms with Crippen molar-refractivity contribution in [1.29, 1.82) is 0 Å². The monoisotopic (exact) mass is 261 g/mol. The topological polar surface area (TPSA) is 32.3 Å². The maximum Gasteiger partial charge on any atom is 0.0914 e. The van der Waals surface area contributed by atoms with Gasteiger partial charge in [-0.05, 0) is 42.2 Å². The van der Waals surface area contributed by atoms with Crippen LogP contribution in [0.25, 0.3) is 0 Å². The third-order valence-electron chi connectivity index (χ3n) is 4.28. The van der Waals surface area contributed by atoms with Gasteiger partial charge in [0.05, 0.1) is 6.10 Å². The van der Waals surface area contributed by atoms with E-state index in [1.165, 1.54) is 24.8 Å². The smallest absolute Gasteiger partial charge is 0.0914 e. The van der Waals surface area contributed by atoms with E-state index in [0.717, 1.165) is 11.5 Å². The fourth-order valence-corrected chi connectivity index (χ4v) is 2.89. The van der Waals surface area contributed by atoms with E-state index in [1.807, 2.05) is 0 Å². The second-order valence-electron chi connectivity index (χ2n) is 6.36. The quantitative estimate of drug-likeness (QED) is 0.848. The molecule has 0 amide bonds. The summed E-state index contributed by atoms with van der Waals surface area (Å²) in [5.41, 5.74) is 2.34. The molecule has 2 heteroatoms. The molecule has 0 saturated heterocycles. The zero-order chi connectivity index (χ0) is 13.8. The first-order valence-corrected chi connectivity index (χ1v) is 7.57. The summed E-state index contributed by atoms with van der Waals surface area (Å²) in [6, 6.07) is 8.96. The Kier molecular flexibility index (Phi) is 5.00. The molecular weight excluding hydrogens is 234 g/mol. The Morgan fingerprint density at radius 3 is 2.32 bits per heavy atom. The Balaban J connectivity index is 1.83. The molecule has 0 radical (unpaired) electrons. The summed E-state index contributed by atoms with van der Waals surface area (Å²) >= 11 is 0. The van der Waals surface area contributed by atoms with E-state index in [-0.39, 0.29) is 0 Å². The van der Waals surface area contributed by atoms with Gasteiger partial charge in [-0.2, -0.15) is 0 Å². The molecule has 2 N–H and O–H groups in total. The Bertz CT molecular complexity index is 385. The van der Waals surface area contributed by atoms with Crippen LogP contribution in [0.15, 0.2) is 24.3 Å². The van der Waals surface area contributed by atoms with E-state index >= 15 is 0 Å². The number of hydrogen-bond donors (Lipinski definition) is 2. The zero-order valence-electron chi connectivity index (χ0n) is 12.4. The van der Waals surface area contributed by atoms with Gasteiger partial charge < -0.3 is 10.4 Å². The molecule has 1 aromatic carbocycles. The molecule has 1 aliphatic carbocycles. The number of hydrogen-bond acceptors (Lipinski definition) is 2. The van der Waals surface area contributed by atoms with Crippen LogP contribution in [0, 0.1) is 5.92 Å². The van der Waals surface area contributed by atoms with E-state index in [1.54, 1.807) is 0 Å². The van der Waals surface area contributed by atoms with Crippen molar-refractivity contribution < 1.29 is 5.11 Å². The average Bonchev–Trinajstić information content (AvgIpc) is 2.82. The molecule has 1 fully saturated rings. The SMILES string of the molecule is CC1CCC(NCC(O)c2ccc(C(C)C)cc2)C1. The van der Waals surface area contributed by atoms with Gasteiger partial charge in [0.2, 0.25) is 0 Å². The summed E-state index contributed by atoms with van der Waals surface area (Å²) in [5, 5.41) is 13.7. The minimum atomic E-state index is -0.392. The predicted molar refractivity (Wildman–Crippen MR) is 80.3 cm³/mol. The van der Waals surface area contributed by atoms with Crippen molar-refractivity contribution in [2.45, 2.75) is 58.1 Å². The molecule has 0 bridgehead atoms. The largest absolute Gasteiger partial charge is 0.387 e. The number of rotatable bonds is 5. The average molecular weight is 261 g/mol. The van der Waals surface area contributed by atoms with Crippen LogP contribution in [0.2, 0.25) is 0 Å². The van der Waals surface area contributed by atoms with Crippen molar-refractivity contribution in [1.82, 2.24) is 5.32 Å². The third-order valence-corrected chi connectivity index (χ3v) is 4.28. The van der Waals surface area contributed by atoms with Gasteiger partial charge in [-0.1, -0.05) is 45.0 Å². The summed E-state index contributed by atoms with van der Waals surface area (Å²) in [6.45, 7) is 7.35. The van der Waals surface area contributed by atoms with E-state index < -0.39 is 6.10 Å². The van der Waals surface area contributed by atoms with Crippen LogP contribution in [-0.4, -0.2) is 17.7 Å². The minimum absolute atomic E-state index is 0.392. The Morgan fingerprint density at radius 1 is 1.16 bits per heavy atom. The molecule has 106 valence electrons. The Hall–Kier alpha value is -0.860. The highest BCUT2D eigenvalue weighted by atomic mass is 16.3. The molecule has 3 unspecified atom stereocenters. The number of benzene rings is 1. The van der Waals surface area contributed by atoms with Crippen molar-refractivity contribution in [3.8, 4) is 0 Å². The molecule has 0 heterocycles. The van der Waals surface area contributed by atoms with Gasteiger partial charge in [-0.25, -0.2) is 0 Å². The van der Waals surface area contributed by atoms with Crippen LogP contribution in [0.5, 0.6) is 0 Å². The maximum atomic E-state index is 10.2. The van der Waals surface area contributed by atoms with Crippen molar-refractivity contribution in [2.75, 3.05) is 6.54 Å². The first kappa shape index (κ1) is 14.5. The lowest BCUT2D eigenvalue weighted by molar-refractivity contribution is 0.169. The predicted octanol–water partition coefficient (Wildman–Crippen LogP) is 3.62. The van der Waals surface area contributed by atoms with Crippen LogP contribution in [-0.2, 0) is 0 Å². The summed E-state index contributed by atoms with van der Waals surface area (Å²) < 4.78 is 0. The molecule has 0 spiro atoms.